The number of rotatable bonds is 2. The zero-order valence-corrected chi connectivity index (χ0v) is 13.5. The summed E-state index contributed by atoms with van der Waals surface area (Å²) < 4.78 is 1.17. The van der Waals surface area contributed by atoms with Crippen LogP contribution in [0.25, 0.3) is 0 Å². The molecule has 2 bridgehead atoms. The summed E-state index contributed by atoms with van der Waals surface area (Å²) >= 11 is 0. The monoisotopic (exact) mass is 290 g/mol. The molecule has 0 aliphatic carbocycles. The smallest absolute Gasteiger partial charge is 0.105 e. The third-order valence-corrected chi connectivity index (χ3v) is 5.80. The minimum absolute atomic E-state index is 0.542. The first-order valence-corrected chi connectivity index (χ1v) is 8.38. The van der Waals surface area contributed by atoms with Gasteiger partial charge in [-0.25, -0.2) is 0 Å². The first-order valence-electron chi connectivity index (χ1n) is 8.38. The number of nitrogens with zero attached hydrogens (tertiary/aromatic N) is 1. The van der Waals surface area contributed by atoms with E-state index in [4.69, 9.17) is 0 Å². The molecule has 0 unspecified atom stereocenters. The molecule has 1 heteroatoms. The Bertz CT molecular complexity index is 679. The zero-order chi connectivity index (χ0) is 15.2. The van der Waals surface area contributed by atoms with Crippen molar-refractivity contribution in [3.8, 4) is 0 Å². The van der Waals surface area contributed by atoms with Crippen LogP contribution in [-0.4, -0.2) is 17.1 Å². The molecule has 2 aromatic carbocycles. The van der Waals surface area contributed by atoms with Crippen molar-refractivity contribution >= 4 is 0 Å². The van der Waals surface area contributed by atoms with E-state index < -0.39 is 0 Å². The van der Waals surface area contributed by atoms with Crippen molar-refractivity contribution in [3.63, 3.8) is 0 Å². The lowest BCUT2D eigenvalue weighted by molar-refractivity contribution is -0.974. The molecule has 0 N–H and O–H groups in total. The zero-order valence-electron chi connectivity index (χ0n) is 13.5. The molecule has 1 nitrogen and oxygen atoms in total. The maximum atomic E-state index is 2.46. The Morgan fingerprint density at radius 3 is 2.05 bits per heavy atom. The highest BCUT2D eigenvalue weighted by Crippen LogP contribution is 2.48. The van der Waals surface area contributed by atoms with Crippen molar-refractivity contribution in [1.29, 1.82) is 0 Å². The molecule has 4 rings (SSSR count). The van der Waals surface area contributed by atoms with E-state index in [1.807, 2.05) is 0 Å². The van der Waals surface area contributed by atoms with Gasteiger partial charge in [0.05, 0.1) is 18.5 Å². The molecular formula is C21H24N+. The van der Waals surface area contributed by atoms with Crippen LogP contribution in [-0.2, 0) is 13.1 Å². The van der Waals surface area contributed by atoms with Crippen LogP contribution in [0, 0.1) is 0 Å². The Morgan fingerprint density at radius 1 is 0.955 bits per heavy atom. The summed E-state index contributed by atoms with van der Waals surface area (Å²) in [5.74, 6) is 0.542. The Balaban J connectivity index is 1.94. The van der Waals surface area contributed by atoms with Crippen LogP contribution in [0.5, 0.6) is 0 Å². The molecule has 22 heavy (non-hydrogen) atoms. The summed E-state index contributed by atoms with van der Waals surface area (Å²) in [6.45, 7) is 8.05. The molecule has 1 atom stereocenters. The van der Waals surface area contributed by atoms with E-state index in [-0.39, 0.29) is 0 Å². The first-order chi connectivity index (χ1) is 10.7. The van der Waals surface area contributed by atoms with Gasteiger partial charge in [-0.2, -0.15) is 0 Å². The Morgan fingerprint density at radius 2 is 1.50 bits per heavy atom. The highest BCUT2D eigenvalue weighted by molar-refractivity contribution is 5.45. The summed E-state index contributed by atoms with van der Waals surface area (Å²) in [4.78, 5) is 0. The average Bonchev–Trinajstić information content (AvgIpc) is 2.54. The molecule has 112 valence electrons. The molecule has 2 aromatic rings. The van der Waals surface area contributed by atoms with Gasteiger partial charge >= 0.3 is 0 Å². The van der Waals surface area contributed by atoms with Gasteiger partial charge in [0, 0.05) is 11.1 Å². The van der Waals surface area contributed by atoms with Crippen molar-refractivity contribution < 1.29 is 4.48 Å². The first kappa shape index (κ1) is 13.8. The highest BCUT2D eigenvalue weighted by atomic mass is 15.4. The van der Waals surface area contributed by atoms with Gasteiger partial charge in [-0.15, -0.1) is 0 Å². The lowest BCUT2D eigenvalue weighted by atomic mass is 9.73. The quantitative estimate of drug-likeness (QED) is 0.559. The van der Waals surface area contributed by atoms with Crippen LogP contribution in [0.3, 0.4) is 0 Å². The second-order valence-corrected chi connectivity index (χ2v) is 6.90. The van der Waals surface area contributed by atoms with E-state index >= 15 is 0 Å². The Hall–Kier alpha value is -1.86. The van der Waals surface area contributed by atoms with Gasteiger partial charge in [0.2, 0.25) is 0 Å². The molecule has 0 aromatic heterocycles. The standard InChI is InChI=1S/C21H24N/c1-3-4-13-22-14-17-9-5-7-11-19(17)21(16(22)2)20-12-8-6-10-18(20)15-22/h3-12,16,21H,13-15H2,1-2H3/q+1/b4-3+/t16-,21?,22?/m0/s1. The lowest BCUT2D eigenvalue weighted by Gasteiger charge is -2.53. The molecule has 0 amide bonds. The molecular weight excluding hydrogens is 266 g/mol. The second kappa shape index (κ2) is 5.10. The number of hydrogen-bond acceptors (Lipinski definition) is 0. The third kappa shape index (κ3) is 1.89. The van der Waals surface area contributed by atoms with E-state index in [9.17, 15) is 0 Å². The Labute approximate surface area is 133 Å². The van der Waals surface area contributed by atoms with Gasteiger partial charge in [0.15, 0.2) is 0 Å². The summed E-state index contributed by atoms with van der Waals surface area (Å²) in [5.41, 5.74) is 6.20. The van der Waals surface area contributed by atoms with Crippen molar-refractivity contribution in [2.75, 3.05) is 6.54 Å². The van der Waals surface area contributed by atoms with Crippen molar-refractivity contribution in [1.82, 2.24) is 0 Å². The van der Waals surface area contributed by atoms with Crippen LogP contribution in [0.2, 0.25) is 0 Å². The van der Waals surface area contributed by atoms with Crippen molar-refractivity contribution in [2.45, 2.75) is 38.9 Å². The summed E-state index contributed by atoms with van der Waals surface area (Å²) in [5, 5.41) is 0. The number of benzene rings is 2. The van der Waals surface area contributed by atoms with Crippen LogP contribution >= 0.6 is 0 Å². The highest BCUT2D eigenvalue weighted by Gasteiger charge is 2.48. The van der Waals surface area contributed by atoms with Crippen molar-refractivity contribution in [3.05, 3.63) is 82.9 Å². The minimum atomic E-state index is 0.542. The summed E-state index contributed by atoms with van der Waals surface area (Å²) in [7, 11) is 0. The molecule has 2 aliphatic heterocycles. The Kier molecular flexibility index (Phi) is 3.19. The lowest BCUT2D eigenvalue weighted by Crippen LogP contribution is -2.60. The number of allylic oxidation sites excluding steroid dienone is 1. The normalized spacial score (nSPS) is 29.2. The predicted molar refractivity (Wildman–Crippen MR) is 91.5 cm³/mol. The van der Waals surface area contributed by atoms with Gasteiger partial charge in [-0.1, -0.05) is 54.6 Å². The van der Waals surface area contributed by atoms with Crippen LogP contribution in [0.1, 0.15) is 42.0 Å². The minimum Gasteiger partial charge on any atom is -0.310 e. The molecule has 0 spiro atoms. The number of hydrogen-bond donors (Lipinski definition) is 0. The maximum absolute atomic E-state index is 2.46. The topological polar surface area (TPSA) is 0 Å². The molecule has 0 radical (unpaired) electrons. The fraction of sp³-hybridized carbons (Fsp3) is 0.333. The largest absolute Gasteiger partial charge is 0.310 e. The van der Waals surface area contributed by atoms with Gasteiger partial charge in [0.1, 0.15) is 13.1 Å². The third-order valence-electron chi connectivity index (χ3n) is 5.80. The molecule has 2 aliphatic rings. The van der Waals surface area contributed by atoms with Crippen LogP contribution in [0.4, 0.5) is 0 Å². The fourth-order valence-electron chi connectivity index (χ4n) is 4.60. The predicted octanol–water partition coefficient (Wildman–Crippen LogP) is 4.63. The van der Waals surface area contributed by atoms with Gasteiger partial charge in [-0.05, 0) is 31.1 Å². The van der Waals surface area contributed by atoms with E-state index in [0.717, 1.165) is 19.6 Å². The molecule has 2 heterocycles. The van der Waals surface area contributed by atoms with E-state index in [0.29, 0.717) is 12.0 Å². The summed E-state index contributed by atoms with van der Waals surface area (Å²) in [6.07, 6.45) is 4.56. The fourth-order valence-corrected chi connectivity index (χ4v) is 4.60. The van der Waals surface area contributed by atoms with E-state index in [1.165, 1.54) is 4.48 Å². The second-order valence-electron chi connectivity index (χ2n) is 6.90. The van der Waals surface area contributed by atoms with Gasteiger partial charge in [0.25, 0.3) is 0 Å². The van der Waals surface area contributed by atoms with Crippen LogP contribution in [0.15, 0.2) is 60.7 Å². The van der Waals surface area contributed by atoms with E-state index in [2.05, 4.69) is 74.5 Å². The number of fused-ring (bicyclic) bond motifs is 6. The average molecular weight is 290 g/mol. The SMILES string of the molecule is C/C=C/C[N+]12Cc3ccccc3C(c3ccccc3C1)[C@@H]2C. The van der Waals surface area contributed by atoms with Crippen LogP contribution < -0.4 is 0 Å². The molecule has 0 saturated heterocycles. The van der Waals surface area contributed by atoms with Gasteiger partial charge in [-0.3, -0.25) is 0 Å². The molecule has 0 fully saturated rings. The van der Waals surface area contributed by atoms with E-state index in [1.54, 1.807) is 22.3 Å². The maximum Gasteiger partial charge on any atom is 0.105 e. The van der Waals surface area contributed by atoms with Crippen molar-refractivity contribution in [2.24, 2.45) is 0 Å². The molecule has 0 saturated carbocycles. The number of quaternary nitrogens is 1. The van der Waals surface area contributed by atoms with Gasteiger partial charge < -0.3 is 4.48 Å². The summed E-state index contributed by atoms with van der Waals surface area (Å²) in [6, 6.07) is 18.8.